The highest BCUT2D eigenvalue weighted by atomic mass is 32.1. The van der Waals surface area contributed by atoms with Crippen LogP contribution in [-0.2, 0) is 6.54 Å². The van der Waals surface area contributed by atoms with E-state index in [0.29, 0.717) is 48.0 Å². The van der Waals surface area contributed by atoms with Crippen molar-refractivity contribution in [2.45, 2.75) is 53.6 Å². The van der Waals surface area contributed by atoms with Gasteiger partial charge in [0.05, 0.1) is 17.5 Å². The number of aromatic nitrogens is 2. The second kappa shape index (κ2) is 10.9. The third kappa shape index (κ3) is 5.60. The van der Waals surface area contributed by atoms with Gasteiger partial charge in [0.2, 0.25) is 0 Å². The molecule has 1 amide bonds. The minimum absolute atomic E-state index is 0.0426. The largest absolute Gasteiger partial charge is 0.330 e. The van der Waals surface area contributed by atoms with Crippen LogP contribution in [0.2, 0.25) is 0 Å². The molecule has 1 aromatic carbocycles. The van der Waals surface area contributed by atoms with Crippen LogP contribution in [0.3, 0.4) is 0 Å². The number of aryl methyl sites for hydroxylation is 2. The van der Waals surface area contributed by atoms with Gasteiger partial charge in [-0.15, -0.1) is 11.3 Å². The molecule has 0 fully saturated rings. The molecule has 33 heavy (non-hydrogen) atoms. The maximum absolute atomic E-state index is 13.7. The Hall–Kier alpha value is -2.77. The molecule has 0 spiro atoms. The van der Waals surface area contributed by atoms with E-state index in [2.05, 4.69) is 13.8 Å². The Kier molecular flexibility index (Phi) is 8.21. The SMILES string of the molecule is Cc1ccc(C(=O)N(CCCN)C(c2nc(C)c(C)c(=O)n2Cc2ccccc2)C(C)C)s1. The number of carbonyl (C=O) groups excluding carboxylic acids is 1. The fourth-order valence-electron chi connectivity index (χ4n) is 4.04. The van der Waals surface area contributed by atoms with E-state index in [4.69, 9.17) is 10.7 Å². The first kappa shape index (κ1) is 24.9. The van der Waals surface area contributed by atoms with Gasteiger partial charge in [0, 0.05) is 22.7 Å². The first-order valence-corrected chi connectivity index (χ1v) is 12.3. The fraction of sp³-hybridized carbons (Fsp3) is 0.423. The summed E-state index contributed by atoms with van der Waals surface area (Å²) in [6.07, 6.45) is 0.674. The number of hydrogen-bond acceptors (Lipinski definition) is 5. The van der Waals surface area contributed by atoms with Gasteiger partial charge in [0.15, 0.2) is 0 Å². The zero-order valence-electron chi connectivity index (χ0n) is 20.2. The van der Waals surface area contributed by atoms with Gasteiger partial charge in [-0.3, -0.25) is 14.2 Å². The number of nitrogens with zero attached hydrogens (tertiary/aromatic N) is 3. The summed E-state index contributed by atoms with van der Waals surface area (Å²) in [5.74, 6) is 0.628. The standard InChI is InChI=1S/C26H34N4O2S/c1-17(2)23(29(15-9-14-27)26(32)22-13-12-18(3)33-22)24-28-20(5)19(4)25(31)30(24)16-21-10-7-6-8-11-21/h6-8,10-13,17,23H,9,14-16,27H2,1-5H3. The van der Waals surface area contributed by atoms with Gasteiger partial charge in [-0.1, -0.05) is 44.2 Å². The van der Waals surface area contributed by atoms with Gasteiger partial charge >= 0.3 is 0 Å². The third-order valence-electron chi connectivity index (χ3n) is 5.90. The number of carbonyl (C=O) groups is 1. The minimum atomic E-state index is -0.359. The molecule has 0 saturated carbocycles. The molecule has 0 saturated heterocycles. The second-order valence-electron chi connectivity index (χ2n) is 8.80. The van der Waals surface area contributed by atoms with Crippen LogP contribution in [0.15, 0.2) is 47.3 Å². The van der Waals surface area contributed by atoms with Crippen LogP contribution < -0.4 is 11.3 Å². The first-order valence-electron chi connectivity index (χ1n) is 11.4. The molecular weight excluding hydrogens is 432 g/mol. The van der Waals surface area contributed by atoms with Crippen molar-refractivity contribution in [2.24, 2.45) is 11.7 Å². The quantitative estimate of drug-likeness (QED) is 0.505. The highest BCUT2D eigenvalue weighted by Gasteiger charge is 2.33. The summed E-state index contributed by atoms with van der Waals surface area (Å²) in [6.45, 7) is 11.2. The minimum Gasteiger partial charge on any atom is -0.330 e. The number of amides is 1. The summed E-state index contributed by atoms with van der Waals surface area (Å²) in [7, 11) is 0. The molecule has 0 radical (unpaired) electrons. The molecule has 3 aromatic rings. The maximum Gasteiger partial charge on any atom is 0.264 e. The Balaban J connectivity index is 2.17. The molecule has 0 aliphatic carbocycles. The monoisotopic (exact) mass is 466 g/mol. The Morgan fingerprint density at radius 3 is 2.39 bits per heavy atom. The smallest absolute Gasteiger partial charge is 0.264 e. The van der Waals surface area contributed by atoms with E-state index >= 15 is 0 Å². The van der Waals surface area contributed by atoms with E-state index in [-0.39, 0.29) is 23.4 Å². The molecule has 0 aliphatic rings. The van der Waals surface area contributed by atoms with Crippen molar-refractivity contribution in [3.8, 4) is 0 Å². The van der Waals surface area contributed by atoms with Gasteiger partial charge in [-0.2, -0.15) is 0 Å². The lowest BCUT2D eigenvalue weighted by Crippen LogP contribution is -2.42. The summed E-state index contributed by atoms with van der Waals surface area (Å²) in [5.41, 5.74) is 8.11. The molecule has 6 nitrogen and oxygen atoms in total. The van der Waals surface area contributed by atoms with Crippen molar-refractivity contribution in [1.29, 1.82) is 0 Å². The van der Waals surface area contributed by atoms with Crippen molar-refractivity contribution in [1.82, 2.24) is 14.5 Å². The molecule has 3 rings (SSSR count). The number of thiophene rings is 1. The molecule has 0 bridgehead atoms. The van der Waals surface area contributed by atoms with E-state index in [1.165, 1.54) is 11.3 Å². The van der Waals surface area contributed by atoms with Gasteiger partial charge in [-0.25, -0.2) is 4.98 Å². The summed E-state index contributed by atoms with van der Waals surface area (Å²) >= 11 is 1.49. The van der Waals surface area contributed by atoms with Crippen molar-refractivity contribution in [3.05, 3.63) is 85.2 Å². The summed E-state index contributed by atoms with van der Waals surface area (Å²) in [5, 5.41) is 0. The number of rotatable bonds is 9. The van der Waals surface area contributed by atoms with Gasteiger partial charge < -0.3 is 10.6 Å². The highest BCUT2D eigenvalue weighted by molar-refractivity contribution is 7.13. The van der Waals surface area contributed by atoms with Crippen molar-refractivity contribution < 1.29 is 4.79 Å². The lowest BCUT2D eigenvalue weighted by atomic mass is 9.99. The maximum atomic E-state index is 13.7. The van der Waals surface area contributed by atoms with Crippen LogP contribution in [0.4, 0.5) is 0 Å². The van der Waals surface area contributed by atoms with Crippen LogP contribution in [0.5, 0.6) is 0 Å². The van der Waals surface area contributed by atoms with Crippen LogP contribution in [-0.4, -0.2) is 33.4 Å². The molecule has 2 heterocycles. The topological polar surface area (TPSA) is 81.2 Å². The first-order chi connectivity index (χ1) is 15.7. The van der Waals surface area contributed by atoms with Gasteiger partial charge in [-0.05, 0) is 57.4 Å². The third-order valence-corrected chi connectivity index (χ3v) is 6.89. The Morgan fingerprint density at radius 2 is 1.82 bits per heavy atom. The molecule has 0 aliphatic heterocycles. The zero-order chi connectivity index (χ0) is 24.1. The highest BCUT2D eigenvalue weighted by Crippen LogP contribution is 2.31. The second-order valence-corrected chi connectivity index (χ2v) is 10.1. The van der Waals surface area contributed by atoms with Crippen LogP contribution in [0, 0.1) is 26.7 Å². The lowest BCUT2D eigenvalue weighted by molar-refractivity contribution is 0.0606. The molecular formula is C26H34N4O2S. The average Bonchev–Trinajstić information content (AvgIpc) is 3.23. The lowest BCUT2D eigenvalue weighted by Gasteiger charge is -2.35. The van der Waals surface area contributed by atoms with Crippen molar-refractivity contribution in [3.63, 3.8) is 0 Å². The molecule has 2 aromatic heterocycles. The van der Waals surface area contributed by atoms with Gasteiger partial charge in [0.25, 0.3) is 11.5 Å². The van der Waals surface area contributed by atoms with E-state index in [1.807, 2.05) is 68.1 Å². The summed E-state index contributed by atoms with van der Waals surface area (Å²) in [6, 6.07) is 13.4. The Morgan fingerprint density at radius 1 is 1.12 bits per heavy atom. The number of nitrogens with two attached hydrogens (primary N) is 1. The van der Waals surface area contributed by atoms with Gasteiger partial charge in [0.1, 0.15) is 5.82 Å². The van der Waals surface area contributed by atoms with Crippen LogP contribution in [0.1, 0.15) is 63.5 Å². The van der Waals surface area contributed by atoms with E-state index in [9.17, 15) is 9.59 Å². The molecule has 1 atom stereocenters. The molecule has 7 heteroatoms. The number of hydrogen-bond donors (Lipinski definition) is 1. The predicted molar refractivity (Wildman–Crippen MR) is 135 cm³/mol. The Bertz CT molecular complexity index is 1150. The molecule has 176 valence electrons. The zero-order valence-corrected chi connectivity index (χ0v) is 21.0. The van der Waals surface area contributed by atoms with Crippen LogP contribution >= 0.6 is 11.3 Å². The number of benzene rings is 1. The average molecular weight is 467 g/mol. The predicted octanol–water partition coefficient (Wildman–Crippen LogP) is 4.47. The van der Waals surface area contributed by atoms with Crippen molar-refractivity contribution in [2.75, 3.05) is 13.1 Å². The summed E-state index contributed by atoms with van der Waals surface area (Å²) in [4.78, 5) is 35.6. The van der Waals surface area contributed by atoms with E-state index < -0.39 is 0 Å². The molecule has 2 N–H and O–H groups in total. The van der Waals surface area contributed by atoms with Crippen molar-refractivity contribution >= 4 is 17.2 Å². The fourth-order valence-corrected chi connectivity index (χ4v) is 4.86. The van der Waals surface area contributed by atoms with E-state index in [1.54, 1.807) is 4.57 Å². The van der Waals surface area contributed by atoms with Crippen LogP contribution in [0.25, 0.3) is 0 Å². The van der Waals surface area contributed by atoms with E-state index in [0.717, 1.165) is 10.4 Å². The molecule has 1 unspecified atom stereocenters. The summed E-state index contributed by atoms with van der Waals surface area (Å²) < 4.78 is 1.74. The Labute approximate surface area is 200 Å². The normalized spacial score (nSPS) is 12.2.